The molecule has 2 aromatic rings. The molecule has 144 valence electrons. The first-order valence-electron chi connectivity index (χ1n) is 9.07. The van der Waals surface area contributed by atoms with Crippen LogP contribution in [0.4, 0.5) is 0 Å². The van der Waals surface area contributed by atoms with Crippen LogP contribution in [0.5, 0.6) is 5.75 Å². The SMILES string of the molecule is Cc1ccc(Cl)c(OCC2(O)CCCN(C(=O)c3ccnc(C)n3)CC2)c1. The minimum Gasteiger partial charge on any atom is -0.489 e. The van der Waals surface area contributed by atoms with Gasteiger partial charge >= 0.3 is 0 Å². The Balaban J connectivity index is 1.63. The van der Waals surface area contributed by atoms with Gasteiger partial charge in [0.2, 0.25) is 0 Å². The van der Waals surface area contributed by atoms with Gasteiger partial charge in [0, 0.05) is 19.3 Å². The number of aliphatic hydroxyl groups is 1. The van der Waals surface area contributed by atoms with Crippen molar-refractivity contribution in [1.82, 2.24) is 14.9 Å². The highest BCUT2D eigenvalue weighted by Crippen LogP contribution is 2.29. The number of aryl methyl sites for hydroxylation is 2. The molecule has 1 N–H and O–H groups in total. The second-order valence-corrected chi connectivity index (χ2v) is 7.49. The summed E-state index contributed by atoms with van der Waals surface area (Å²) in [5, 5.41) is 11.5. The van der Waals surface area contributed by atoms with Crippen LogP contribution in [-0.2, 0) is 0 Å². The van der Waals surface area contributed by atoms with E-state index in [1.807, 2.05) is 19.1 Å². The van der Waals surface area contributed by atoms with Gasteiger partial charge in [0.15, 0.2) is 0 Å². The number of nitrogens with zero attached hydrogens (tertiary/aromatic N) is 3. The summed E-state index contributed by atoms with van der Waals surface area (Å²) < 4.78 is 5.81. The third kappa shape index (κ3) is 4.96. The molecular weight excluding hydrogens is 366 g/mol. The summed E-state index contributed by atoms with van der Waals surface area (Å²) in [6.07, 6.45) is 3.27. The zero-order valence-electron chi connectivity index (χ0n) is 15.6. The Labute approximate surface area is 164 Å². The van der Waals surface area contributed by atoms with Crippen molar-refractivity contribution in [2.45, 2.75) is 38.7 Å². The fourth-order valence-electron chi connectivity index (χ4n) is 3.20. The summed E-state index contributed by atoms with van der Waals surface area (Å²) in [4.78, 5) is 22.6. The highest BCUT2D eigenvalue weighted by atomic mass is 35.5. The Hall–Kier alpha value is -2.18. The second-order valence-electron chi connectivity index (χ2n) is 7.08. The van der Waals surface area contributed by atoms with Crippen LogP contribution in [-0.4, -0.2) is 51.2 Å². The van der Waals surface area contributed by atoms with Gasteiger partial charge in [-0.1, -0.05) is 17.7 Å². The predicted octanol–water partition coefficient (Wildman–Crippen LogP) is 3.18. The van der Waals surface area contributed by atoms with Gasteiger partial charge in [-0.15, -0.1) is 0 Å². The van der Waals surface area contributed by atoms with Gasteiger partial charge < -0.3 is 14.7 Å². The Morgan fingerprint density at radius 1 is 1.30 bits per heavy atom. The van der Waals surface area contributed by atoms with Crippen LogP contribution >= 0.6 is 11.6 Å². The van der Waals surface area contributed by atoms with E-state index in [0.717, 1.165) is 5.56 Å². The number of likely N-dealkylation sites (tertiary alicyclic amines) is 1. The third-order valence-electron chi connectivity index (χ3n) is 4.78. The lowest BCUT2D eigenvalue weighted by Crippen LogP contribution is -2.38. The normalized spacial score (nSPS) is 20.2. The molecular formula is C20H24ClN3O3. The van der Waals surface area contributed by atoms with Gasteiger partial charge in [0.25, 0.3) is 5.91 Å². The first-order chi connectivity index (χ1) is 12.9. The fraction of sp³-hybridized carbons (Fsp3) is 0.450. The summed E-state index contributed by atoms with van der Waals surface area (Å²) in [5.41, 5.74) is 0.430. The highest BCUT2D eigenvalue weighted by Gasteiger charge is 2.33. The van der Waals surface area contributed by atoms with Gasteiger partial charge in [-0.2, -0.15) is 0 Å². The molecule has 1 saturated heterocycles. The zero-order valence-corrected chi connectivity index (χ0v) is 16.4. The largest absolute Gasteiger partial charge is 0.489 e. The number of aromatic nitrogens is 2. The van der Waals surface area contributed by atoms with Crippen molar-refractivity contribution in [1.29, 1.82) is 0 Å². The van der Waals surface area contributed by atoms with E-state index in [-0.39, 0.29) is 12.5 Å². The number of halogens is 1. The molecule has 1 fully saturated rings. The maximum Gasteiger partial charge on any atom is 0.272 e. The minimum absolute atomic E-state index is 0.132. The number of benzene rings is 1. The molecule has 6 nitrogen and oxygen atoms in total. The molecule has 2 heterocycles. The Morgan fingerprint density at radius 3 is 2.89 bits per heavy atom. The van der Waals surface area contributed by atoms with Crippen LogP contribution in [0.25, 0.3) is 0 Å². The molecule has 0 spiro atoms. The van der Waals surface area contributed by atoms with E-state index in [1.165, 1.54) is 0 Å². The van der Waals surface area contributed by atoms with Crippen LogP contribution in [0.15, 0.2) is 30.5 Å². The molecule has 0 aliphatic carbocycles. The van der Waals surface area contributed by atoms with Gasteiger partial charge in [0.05, 0.1) is 5.02 Å². The average molecular weight is 390 g/mol. The Kier molecular flexibility index (Phi) is 5.97. The maximum absolute atomic E-state index is 12.7. The van der Waals surface area contributed by atoms with Gasteiger partial charge in [-0.25, -0.2) is 9.97 Å². The van der Waals surface area contributed by atoms with E-state index in [4.69, 9.17) is 16.3 Å². The van der Waals surface area contributed by atoms with Crippen LogP contribution < -0.4 is 4.74 Å². The van der Waals surface area contributed by atoms with E-state index in [9.17, 15) is 9.90 Å². The minimum atomic E-state index is -0.996. The lowest BCUT2D eigenvalue weighted by atomic mass is 9.96. The number of carbonyl (C=O) groups excluding carboxylic acids is 1. The molecule has 1 aliphatic rings. The highest BCUT2D eigenvalue weighted by molar-refractivity contribution is 6.32. The predicted molar refractivity (Wildman–Crippen MR) is 103 cm³/mol. The standard InChI is InChI=1S/C20H24ClN3O3/c1-14-4-5-16(21)18(12-14)27-13-20(26)7-3-10-24(11-8-20)19(25)17-6-9-22-15(2)23-17/h4-6,9,12,26H,3,7-8,10-11,13H2,1-2H3. The van der Waals surface area contributed by atoms with E-state index < -0.39 is 5.60 Å². The summed E-state index contributed by atoms with van der Waals surface area (Å²) >= 11 is 6.17. The van der Waals surface area contributed by atoms with Gasteiger partial charge in [0.1, 0.15) is 29.5 Å². The molecule has 0 saturated carbocycles. The fourth-order valence-corrected chi connectivity index (χ4v) is 3.37. The molecule has 1 aliphatic heterocycles. The second kappa shape index (κ2) is 8.23. The van der Waals surface area contributed by atoms with Crippen molar-refractivity contribution in [3.05, 3.63) is 52.6 Å². The molecule has 1 atom stereocenters. The van der Waals surface area contributed by atoms with Gasteiger partial charge in [-0.3, -0.25) is 4.79 Å². The van der Waals surface area contributed by atoms with Crippen LogP contribution in [0, 0.1) is 13.8 Å². The van der Waals surface area contributed by atoms with E-state index in [0.29, 0.717) is 54.6 Å². The van der Waals surface area contributed by atoms with Crippen molar-refractivity contribution >= 4 is 17.5 Å². The molecule has 1 amide bonds. The van der Waals surface area contributed by atoms with Crippen LogP contribution in [0.1, 0.15) is 41.1 Å². The van der Waals surface area contributed by atoms with Crippen LogP contribution in [0.3, 0.4) is 0 Å². The number of hydrogen-bond acceptors (Lipinski definition) is 5. The number of hydrogen-bond donors (Lipinski definition) is 1. The maximum atomic E-state index is 12.7. The topological polar surface area (TPSA) is 75.6 Å². The Morgan fingerprint density at radius 2 is 2.11 bits per heavy atom. The Bertz CT molecular complexity index is 830. The summed E-state index contributed by atoms with van der Waals surface area (Å²) in [6.45, 7) is 4.89. The number of amides is 1. The molecule has 3 rings (SSSR count). The molecule has 1 aromatic heterocycles. The van der Waals surface area contributed by atoms with E-state index in [2.05, 4.69) is 9.97 Å². The van der Waals surface area contributed by atoms with Crippen molar-refractivity contribution in [3.63, 3.8) is 0 Å². The smallest absolute Gasteiger partial charge is 0.272 e. The monoisotopic (exact) mass is 389 g/mol. The van der Waals surface area contributed by atoms with Gasteiger partial charge in [-0.05, 0) is 56.9 Å². The van der Waals surface area contributed by atoms with Crippen molar-refractivity contribution in [3.8, 4) is 5.75 Å². The zero-order chi connectivity index (χ0) is 19.4. The van der Waals surface area contributed by atoms with Crippen molar-refractivity contribution in [2.75, 3.05) is 19.7 Å². The quantitative estimate of drug-likeness (QED) is 0.869. The average Bonchev–Trinajstić information content (AvgIpc) is 2.84. The van der Waals surface area contributed by atoms with E-state index in [1.54, 1.807) is 30.2 Å². The first kappa shape index (κ1) is 19.6. The van der Waals surface area contributed by atoms with Crippen LogP contribution in [0.2, 0.25) is 5.02 Å². The summed E-state index contributed by atoms with van der Waals surface area (Å²) in [5.74, 6) is 1.00. The summed E-state index contributed by atoms with van der Waals surface area (Å²) in [7, 11) is 0. The number of ether oxygens (including phenoxy) is 1. The van der Waals surface area contributed by atoms with Crippen molar-refractivity contribution < 1.29 is 14.6 Å². The lowest BCUT2D eigenvalue weighted by molar-refractivity contribution is -0.0163. The summed E-state index contributed by atoms with van der Waals surface area (Å²) in [6, 6.07) is 7.17. The molecule has 27 heavy (non-hydrogen) atoms. The first-order valence-corrected chi connectivity index (χ1v) is 9.44. The molecule has 1 aromatic carbocycles. The van der Waals surface area contributed by atoms with Crippen molar-refractivity contribution in [2.24, 2.45) is 0 Å². The number of rotatable bonds is 4. The van der Waals surface area contributed by atoms with E-state index >= 15 is 0 Å². The number of carbonyl (C=O) groups is 1. The molecule has 7 heteroatoms. The molecule has 0 bridgehead atoms. The molecule has 1 unspecified atom stereocenters. The third-order valence-corrected chi connectivity index (χ3v) is 5.09. The molecule has 0 radical (unpaired) electrons. The lowest BCUT2D eigenvalue weighted by Gasteiger charge is -2.27.